The van der Waals surface area contributed by atoms with Gasteiger partial charge in [-0.3, -0.25) is 4.79 Å². The van der Waals surface area contributed by atoms with Gasteiger partial charge < -0.3 is 15.0 Å². The van der Waals surface area contributed by atoms with Crippen LogP contribution in [0.4, 0.5) is 0 Å². The molecule has 0 saturated carbocycles. The second-order valence-electron chi connectivity index (χ2n) is 5.66. The first-order chi connectivity index (χ1) is 9.83. The summed E-state index contributed by atoms with van der Waals surface area (Å²) >= 11 is 0. The molecule has 2 aliphatic rings. The highest BCUT2D eigenvalue weighted by Gasteiger charge is 2.28. The number of nitrogens with zero attached hydrogens (tertiary/aromatic N) is 1. The van der Waals surface area contributed by atoms with Gasteiger partial charge in [0.05, 0.1) is 0 Å². The Morgan fingerprint density at radius 2 is 1.85 bits per heavy atom. The van der Waals surface area contributed by atoms with Crippen LogP contribution in [0.25, 0.3) is 0 Å². The summed E-state index contributed by atoms with van der Waals surface area (Å²) in [6.45, 7) is 3.40. The van der Waals surface area contributed by atoms with Crippen LogP contribution in [0.5, 0.6) is 0 Å². The molecule has 1 aromatic rings. The molecule has 4 heteroatoms. The summed E-state index contributed by atoms with van der Waals surface area (Å²) in [6.07, 6.45) is 3.22. The minimum atomic E-state index is 0.155. The Morgan fingerprint density at radius 1 is 1.10 bits per heavy atom. The molecule has 3 rings (SSSR count). The summed E-state index contributed by atoms with van der Waals surface area (Å²) < 4.78 is 5.38. The van der Waals surface area contributed by atoms with Crippen LogP contribution in [0, 0.1) is 0 Å². The van der Waals surface area contributed by atoms with Crippen LogP contribution in [-0.2, 0) is 4.74 Å². The van der Waals surface area contributed by atoms with Crippen LogP contribution in [-0.4, -0.2) is 49.2 Å². The lowest BCUT2D eigenvalue weighted by atomic mass is 10.1. The van der Waals surface area contributed by atoms with E-state index in [1.165, 1.54) is 0 Å². The number of hydrogen-bond acceptors (Lipinski definition) is 3. The summed E-state index contributed by atoms with van der Waals surface area (Å²) in [5, 5.41) is 3.68. The Kier molecular flexibility index (Phi) is 4.33. The fraction of sp³-hybridized carbons (Fsp3) is 0.562. The van der Waals surface area contributed by atoms with Gasteiger partial charge in [0.1, 0.15) is 0 Å². The summed E-state index contributed by atoms with van der Waals surface area (Å²) in [5.41, 5.74) is 0.791. The number of benzene rings is 1. The number of carbonyl (C=O) groups excluding carboxylic acids is 1. The maximum absolute atomic E-state index is 12.4. The van der Waals surface area contributed by atoms with Gasteiger partial charge in [-0.2, -0.15) is 0 Å². The van der Waals surface area contributed by atoms with Gasteiger partial charge in [-0.05, 0) is 31.4 Å². The second-order valence-corrected chi connectivity index (χ2v) is 5.66. The largest absolute Gasteiger partial charge is 0.381 e. The van der Waals surface area contributed by atoms with Gasteiger partial charge in [-0.15, -0.1) is 0 Å². The predicted octanol–water partition coefficient (Wildman–Crippen LogP) is 1.67. The number of hydrogen-bond donors (Lipinski definition) is 1. The smallest absolute Gasteiger partial charge is 0.253 e. The lowest BCUT2D eigenvalue weighted by molar-refractivity contribution is 0.0728. The van der Waals surface area contributed by atoms with E-state index in [1.54, 1.807) is 0 Å². The van der Waals surface area contributed by atoms with Crippen molar-refractivity contribution >= 4 is 5.91 Å². The molecular formula is C16H22N2O2. The predicted molar refractivity (Wildman–Crippen MR) is 77.7 cm³/mol. The lowest BCUT2D eigenvalue weighted by Crippen LogP contribution is -2.43. The van der Waals surface area contributed by atoms with Crippen LogP contribution < -0.4 is 5.32 Å². The first kappa shape index (κ1) is 13.6. The number of likely N-dealkylation sites (tertiary alicyclic amines) is 1. The van der Waals surface area contributed by atoms with Crippen molar-refractivity contribution in [3.05, 3.63) is 35.9 Å². The zero-order valence-corrected chi connectivity index (χ0v) is 11.8. The maximum atomic E-state index is 12.4. The highest BCUT2D eigenvalue weighted by Crippen LogP contribution is 2.16. The monoisotopic (exact) mass is 274 g/mol. The average molecular weight is 274 g/mol. The van der Waals surface area contributed by atoms with E-state index in [9.17, 15) is 4.79 Å². The second kappa shape index (κ2) is 6.37. The molecule has 1 amide bonds. The van der Waals surface area contributed by atoms with Crippen molar-refractivity contribution in [1.29, 1.82) is 0 Å². The van der Waals surface area contributed by atoms with E-state index in [0.717, 1.165) is 51.1 Å². The zero-order valence-electron chi connectivity index (χ0n) is 11.8. The number of amides is 1. The Balaban J connectivity index is 1.52. The molecule has 1 N–H and O–H groups in total. The van der Waals surface area contributed by atoms with Crippen LogP contribution in [0.15, 0.2) is 30.3 Å². The highest BCUT2D eigenvalue weighted by molar-refractivity contribution is 5.94. The summed E-state index contributed by atoms with van der Waals surface area (Å²) in [4.78, 5) is 14.3. The molecule has 2 fully saturated rings. The van der Waals surface area contributed by atoms with Gasteiger partial charge in [0.25, 0.3) is 5.91 Å². The van der Waals surface area contributed by atoms with Gasteiger partial charge in [-0.1, -0.05) is 18.2 Å². The van der Waals surface area contributed by atoms with Crippen molar-refractivity contribution in [2.24, 2.45) is 0 Å². The molecule has 0 aliphatic carbocycles. The molecule has 0 spiro atoms. The van der Waals surface area contributed by atoms with Crippen molar-refractivity contribution in [3.8, 4) is 0 Å². The van der Waals surface area contributed by atoms with Gasteiger partial charge >= 0.3 is 0 Å². The third-order valence-corrected chi connectivity index (χ3v) is 4.19. The Labute approximate surface area is 120 Å². The highest BCUT2D eigenvalue weighted by atomic mass is 16.5. The maximum Gasteiger partial charge on any atom is 0.253 e. The standard InChI is InChI=1S/C16H22N2O2/c19-16(13-4-2-1-3-5-13)18-9-6-15(12-18)17-14-7-10-20-11-8-14/h1-5,14-15,17H,6-12H2. The normalized spacial score (nSPS) is 24.0. The fourth-order valence-electron chi connectivity index (χ4n) is 3.04. The van der Waals surface area contributed by atoms with Gasteiger partial charge in [0.15, 0.2) is 0 Å². The quantitative estimate of drug-likeness (QED) is 0.911. The first-order valence-corrected chi connectivity index (χ1v) is 7.51. The summed E-state index contributed by atoms with van der Waals surface area (Å²) in [5.74, 6) is 0.155. The van der Waals surface area contributed by atoms with Gasteiger partial charge in [0.2, 0.25) is 0 Å². The van der Waals surface area contributed by atoms with Crippen molar-refractivity contribution in [3.63, 3.8) is 0 Å². The van der Waals surface area contributed by atoms with E-state index in [0.29, 0.717) is 12.1 Å². The van der Waals surface area contributed by atoms with Crippen molar-refractivity contribution in [1.82, 2.24) is 10.2 Å². The molecule has 2 aliphatic heterocycles. The molecule has 2 saturated heterocycles. The molecular weight excluding hydrogens is 252 g/mol. The SMILES string of the molecule is O=C(c1ccccc1)N1CCC(NC2CCOCC2)C1. The molecule has 108 valence electrons. The molecule has 2 heterocycles. The molecule has 4 nitrogen and oxygen atoms in total. The Hall–Kier alpha value is -1.39. The van der Waals surface area contributed by atoms with E-state index in [-0.39, 0.29) is 5.91 Å². The molecule has 1 unspecified atom stereocenters. The third-order valence-electron chi connectivity index (χ3n) is 4.19. The number of nitrogens with one attached hydrogen (secondary N) is 1. The molecule has 0 bridgehead atoms. The van der Waals surface area contributed by atoms with E-state index >= 15 is 0 Å². The van der Waals surface area contributed by atoms with E-state index < -0.39 is 0 Å². The van der Waals surface area contributed by atoms with Crippen molar-refractivity contribution < 1.29 is 9.53 Å². The van der Waals surface area contributed by atoms with E-state index in [1.807, 2.05) is 35.2 Å². The molecule has 0 aromatic heterocycles. The van der Waals surface area contributed by atoms with Gasteiger partial charge in [-0.25, -0.2) is 0 Å². The molecule has 1 atom stereocenters. The summed E-state index contributed by atoms with van der Waals surface area (Å²) in [6, 6.07) is 10.5. The Morgan fingerprint density at radius 3 is 2.60 bits per heavy atom. The van der Waals surface area contributed by atoms with Crippen LogP contribution in [0.2, 0.25) is 0 Å². The zero-order chi connectivity index (χ0) is 13.8. The molecule has 20 heavy (non-hydrogen) atoms. The fourth-order valence-corrected chi connectivity index (χ4v) is 3.04. The topological polar surface area (TPSA) is 41.6 Å². The first-order valence-electron chi connectivity index (χ1n) is 7.51. The third kappa shape index (κ3) is 3.19. The molecule has 1 aromatic carbocycles. The number of ether oxygens (including phenoxy) is 1. The van der Waals surface area contributed by atoms with Crippen LogP contribution in [0.1, 0.15) is 29.6 Å². The average Bonchev–Trinajstić information content (AvgIpc) is 2.97. The van der Waals surface area contributed by atoms with Crippen molar-refractivity contribution in [2.75, 3.05) is 26.3 Å². The minimum Gasteiger partial charge on any atom is -0.381 e. The minimum absolute atomic E-state index is 0.155. The van der Waals surface area contributed by atoms with E-state index in [4.69, 9.17) is 4.74 Å². The summed E-state index contributed by atoms with van der Waals surface area (Å²) in [7, 11) is 0. The van der Waals surface area contributed by atoms with Crippen LogP contribution >= 0.6 is 0 Å². The molecule has 0 radical (unpaired) electrons. The Bertz CT molecular complexity index is 443. The van der Waals surface area contributed by atoms with Crippen molar-refractivity contribution in [2.45, 2.75) is 31.3 Å². The number of rotatable bonds is 3. The van der Waals surface area contributed by atoms with Gasteiger partial charge in [0, 0.05) is 44.0 Å². The van der Waals surface area contributed by atoms with E-state index in [2.05, 4.69) is 5.32 Å². The van der Waals surface area contributed by atoms with Crippen LogP contribution in [0.3, 0.4) is 0 Å². The lowest BCUT2D eigenvalue weighted by Gasteiger charge is -2.26. The number of carbonyl (C=O) groups is 1.